The molecule has 0 amide bonds. The first-order valence-electron chi connectivity index (χ1n) is 7.89. The second kappa shape index (κ2) is 9.53. The van der Waals surface area contributed by atoms with Gasteiger partial charge in [-0.25, -0.2) is 4.79 Å². The predicted molar refractivity (Wildman–Crippen MR) is 95.8 cm³/mol. The number of nitrogens with zero attached hydrogens (tertiary/aromatic N) is 1. The van der Waals surface area contributed by atoms with E-state index in [2.05, 4.69) is 17.0 Å². The predicted octanol–water partition coefficient (Wildman–Crippen LogP) is 3.38. The fourth-order valence-corrected chi connectivity index (χ4v) is 2.20. The molecule has 2 rings (SSSR count). The van der Waals surface area contributed by atoms with Crippen molar-refractivity contribution in [1.29, 1.82) is 0 Å². The molecule has 0 heterocycles. The van der Waals surface area contributed by atoms with Gasteiger partial charge in [-0.05, 0) is 36.4 Å². The Bertz CT molecular complexity index is 650. The molecule has 0 atom stereocenters. The number of methoxy groups -OCH3 is 1. The number of carbonyl (C=O) groups excluding carboxylic acids is 1. The molecule has 0 aliphatic carbocycles. The van der Waals surface area contributed by atoms with E-state index in [0.29, 0.717) is 13.2 Å². The van der Waals surface area contributed by atoms with Gasteiger partial charge < -0.3 is 9.47 Å². The molecule has 0 radical (unpaired) electrons. The SMILES string of the molecule is COc1ccc(C=CC(=O)OCCN(C)Cc2ccccc2)cc1. The van der Waals surface area contributed by atoms with E-state index in [4.69, 9.17) is 9.47 Å². The number of benzene rings is 2. The van der Waals surface area contributed by atoms with Crippen molar-refractivity contribution >= 4 is 12.0 Å². The molecule has 0 fully saturated rings. The molecule has 2 aromatic carbocycles. The quantitative estimate of drug-likeness (QED) is 0.551. The smallest absolute Gasteiger partial charge is 0.330 e. The number of carbonyl (C=O) groups is 1. The van der Waals surface area contributed by atoms with Crippen LogP contribution in [0.2, 0.25) is 0 Å². The van der Waals surface area contributed by atoms with Crippen LogP contribution >= 0.6 is 0 Å². The molecule has 4 nitrogen and oxygen atoms in total. The number of esters is 1. The van der Waals surface area contributed by atoms with E-state index in [9.17, 15) is 4.79 Å². The first kappa shape index (κ1) is 17.8. The largest absolute Gasteiger partial charge is 0.497 e. The fraction of sp³-hybridized carbons (Fsp3) is 0.250. The lowest BCUT2D eigenvalue weighted by Crippen LogP contribution is -2.23. The minimum atomic E-state index is -0.334. The van der Waals surface area contributed by atoms with Crippen LogP contribution in [0.4, 0.5) is 0 Å². The van der Waals surface area contributed by atoms with E-state index in [0.717, 1.165) is 17.9 Å². The van der Waals surface area contributed by atoms with Crippen LogP contribution in [0.25, 0.3) is 6.08 Å². The summed E-state index contributed by atoms with van der Waals surface area (Å²) in [6.45, 7) is 1.90. The number of likely N-dealkylation sites (N-methyl/N-ethyl adjacent to an activating group) is 1. The highest BCUT2D eigenvalue weighted by Crippen LogP contribution is 2.12. The molecule has 0 aliphatic heterocycles. The zero-order valence-corrected chi connectivity index (χ0v) is 14.1. The Balaban J connectivity index is 1.69. The van der Waals surface area contributed by atoms with Crippen LogP contribution in [0.1, 0.15) is 11.1 Å². The second-order valence-electron chi connectivity index (χ2n) is 5.50. The third-order valence-electron chi connectivity index (χ3n) is 3.54. The highest BCUT2D eigenvalue weighted by atomic mass is 16.5. The molecular formula is C20H23NO3. The number of hydrogen-bond donors (Lipinski definition) is 0. The van der Waals surface area contributed by atoms with Crippen molar-refractivity contribution in [2.45, 2.75) is 6.54 Å². The van der Waals surface area contributed by atoms with Crippen LogP contribution < -0.4 is 4.74 Å². The van der Waals surface area contributed by atoms with Crippen LogP contribution in [-0.4, -0.2) is 38.2 Å². The van der Waals surface area contributed by atoms with Crippen molar-refractivity contribution in [3.63, 3.8) is 0 Å². The molecule has 0 spiro atoms. The minimum Gasteiger partial charge on any atom is -0.497 e. The van der Waals surface area contributed by atoms with Gasteiger partial charge in [-0.3, -0.25) is 4.90 Å². The average molecular weight is 325 g/mol. The van der Waals surface area contributed by atoms with Crippen molar-refractivity contribution < 1.29 is 14.3 Å². The Labute approximate surface area is 143 Å². The summed E-state index contributed by atoms with van der Waals surface area (Å²) >= 11 is 0. The summed E-state index contributed by atoms with van der Waals surface area (Å²) in [6.07, 6.45) is 3.18. The topological polar surface area (TPSA) is 38.8 Å². The number of ether oxygens (including phenoxy) is 2. The lowest BCUT2D eigenvalue weighted by molar-refractivity contribution is -0.138. The Morgan fingerprint density at radius 1 is 1.08 bits per heavy atom. The van der Waals surface area contributed by atoms with Crippen LogP contribution in [0.15, 0.2) is 60.7 Å². The molecule has 0 N–H and O–H groups in total. The Morgan fingerprint density at radius 2 is 1.79 bits per heavy atom. The summed E-state index contributed by atoms with van der Waals surface area (Å²) in [5, 5.41) is 0. The Hall–Kier alpha value is -2.59. The van der Waals surface area contributed by atoms with Gasteiger partial charge in [0.25, 0.3) is 0 Å². The zero-order valence-electron chi connectivity index (χ0n) is 14.1. The summed E-state index contributed by atoms with van der Waals surface area (Å²) in [5.74, 6) is 0.454. The van der Waals surface area contributed by atoms with Crippen molar-refractivity contribution in [2.24, 2.45) is 0 Å². The highest BCUT2D eigenvalue weighted by Gasteiger charge is 2.02. The molecule has 4 heteroatoms. The molecule has 0 aliphatic rings. The van der Waals surface area contributed by atoms with Crippen molar-refractivity contribution in [3.05, 3.63) is 71.8 Å². The van der Waals surface area contributed by atoms with Crippen LogP contribution in [0.5, 0.6) is 5.75 Å². The summed E-state index contributed by atoms with van der Waals surface area (Å²) < 4.78 is 10.3. The minimum absolute atomic E-state index is 0.334. The lowest BCUT2D eigenvalue weighted by Gasteiger charge is -2.16. The van der Waals surface area contributed by atoms with E-state index in [1.165, 1.54) is 11.6 Å². The van der Waals surface area contributed by atoms with Gasteiger partial charge >= 0.3 is 5.97 Å². The van der Waals surface area contributed by atoms with E-state index in [1.807, 2.05) is 49.5 Å². The standard InChI is InChI=1S/C20H23NO3/c1-21(16-18-6-4-3-5-7-18)14-15-24-20(22)13-10-17-8-11-19(23-2)12-9-17/h3-13H,14-16H2,1-2H3. The first-order valence-corrected chi connectivity index (χ1v) is 7.89. The Morgan fingerprint density at radius 3 is 2.46 bits per heavy atom. The first-order chi connectivity index (χ1) is 11.7. The Kier molecular flexibility index (Phi) is 7.05. The van der Waals surface area contributed by atoms with Gasteiger partial charge in [0, 0.05) is 19.2 Å². The highest BCUT2D eigenvalue weighted by molar-refractivity contribution is 5.87. The second-order valence-corrected chi connectivity index (χ2v) is 5.50. The summed E-state index contributed by atoms with van der Waals surface area (Å²) in [6, 6.07) is 17.7. The third kappa shape index (κ3) is 6.26. The van der Waals surface area contributed by atoms with Gasteiger partial charge in [-0.1, -0.05) is 42.5 Å². The number of hydrogen-bond acceptors (Lipinski definition) is 4. The van der Waals surface area contributed by atoms with E-state index in [-0.39, 0.29) is 5.97 Å². The van der Waals surface area contributed by atoms with E-state index in [1.54, 1.807) is 13.2 Å². The molecular weight excluding hydrogens is 302 g/mol. The van der Waals surface area contributed by atoms with Crippen molar-refractivity contribution in [2.75, 3.05) is 27.3 Å². The van der Waals surface area contributed by atoms with Crippen molar-refractivity contribution in [1.82, 2.24) is 4.90 Å². The monoisotopic (exact) mass is 325 g/mol. The lowest BCUT2D eigenvalue weighted by atomic mass is 10.2. The molecule has 0 saturated carbocycles. The van der Waals surface area contributed by atoms with Gasteiger partial charge in [-0.15, -0.1) is 0 Å². The average Bonchev–Trinajstić information content (AvgIpc) is 2.61. The van der Waals surface area contributed by atoms with Gasteiger partial charge in [0.05, 0.1) is 7.11 Å². The van der Waals surface area contributed by atoms with E-state index >= 15 is 0 Å². The normalized spacial score (nSPS) is 11.0. The van der Waals surface area contributed by atoms with Crippen LogP contribution in [0, 0.1) is 0 Å². The van der Waals surface area contributed by atoms with Crippen molar-refractivity contribution in [3.8, 4) is 5.75 Å². The van der Waals surface area contributed by atoms with E-state index < -0.39 is 0 Å². The van der Waals surface area contributed by atoms with Gasteiger partial charge in [0.2, 0.25) is 0 Å². The maximum absolute atomic E-state index is 11.7. The third-order valence-corrected chi connectivity index (χ3v) is 3.54. The molecule has 24 heavy (non-hydrogen) atoms. The number of rotatable bonds is 8. The maximum Gasteiger partial charge on any atom is 0.330 e. The van der Waals surface area contributed by atoms with Crippen LogP contribution in [-0.2, 0) is 16.1 Å². The maximum atomic E-state index is 11.7. The molecule has 2 aromatic rings. The summed E-state index contributed by atoms with van der Waals surface area (Å²) in [4.78, 5) is 13.8. The molecule has 0 bridgehead atoms. The van der Waals surface area contributed by atoms with Gasteiger partial charge in [0.1, 0.15) is 12.4 Å². The van der Waals surface area contributed by atoms with Gasteiger partial charge in [-0.2, -0.15) is 0 Å². The fourth-order valence-electron chi connectivity index (χ4n) is 2.20. The zero-order chi connectivity index (χ0) is 17.2. The van der Waals surface area contributed by atoms with Crippen LogP contribution in [0.3, 0.4) is 0 Å². The molecule has 0 aromatic heterocycles. The molecule has 126 valence electrons. The molecule has 0 unspecified atom stereocenters. The van der Waals surface area contributed by atoms with Gasteiger partial charge in [0.15, 0.2) is 0 Å². The summed E-state index contributed by atoms with van der Waals surface area (Å²) in [7, 11) is 3.63. The summed E-state index contributed by atoms with van der Waals surface area (Å²) in [5.41, 5.74) is 2.17. The molecule has 0 saturated heterocycles.